The van der Waals surface area contributed by atoms with E-state index in [9.17, 15) is 14.0 Å². The van der Waals surface area contributed by atoms with E-state index in [1.54, 1.807) is 0 Å². The molecule has 0 radical (unpaired) electrons. The Hall–Kier alpha value is 0.0700. The summed E-state index contributed by atoms with van der Waals surface area (Å²) in [5, 5.41) is 7.58. The fraction of sp³-hybridized carbons (Fsp3) is 0.333. The molecule has 0 aliphatic carbocycles. The van der Waals surface area contributed by atoms with Gasteiger partial charge in [0.15, 0.2) is 6.29 Å². The van der Waals surface area contributed by atoms with Gasteiger partial charge in [-0.2, -0.15) is 0 Å². The fourth-order valence-corrected chi connectivity index (χ4v) is 0.0582. The first-order valence-corrected chi connectivity index (χ1v) is 1.50. The van der Waals surface area contributed by atoms with Crippen molar-refractivity contribution in [1.29, 1.82) is 0 Å². The molecule has 0 unspecified atom stereocenters. The summed E-state index contributed by atoms with van der Waals surface area (Å²) < 4.78 is 11.3. The molecule has 0 fully saturated rings. The number of alkyl halides is 1. The first-order valence-electron chi connectivity index (χ1n) is 1.50. The summed E-state index contributed by atoms with van der Waals surface area (Å²) in [6, 6.07) is 0. The third-order valence-corrected chi connectivity index (χ3v) is 0.355. The fourth-order valence-electron chi connectivity index (χ4n) is 0.0582. The van der Waals surface area contributed by atoms with Crippen molar-refractivity contribution in [2.45, 2.75) is 6.17 Å². The second-order valence-corrected chi connectivity index (χ2v) is 0.876. The van der Waals surface area contributed by atoms with Crippen LogP contribution in [0.15, 0.2) is 0 Å². The molecule has 0 aliphatic heterocycles. The molecule has 1 atom stereocenters. The second kappa shape index (κ2) is 5.21. The van der Waals surface area contributed by atoms with Crippen LogP contribution >= 0.6 is 0 Å². The molecule has 0 saturated heterocycles. The Labute approximate surface area is 67.2 Å². The van der Waals surface area contributed by atoms with Crippen LogP contribution in [0.2, 0.25) is 0 Å². The van der Waals surface area contributed by atoms with Crippen LogP contribution in [0.25, 0.3) is 0 Å². The molecule has 8 heavy (non-hydrogen) atoms. The Morgan fingerprint density at radius 3 is 2.12 bits per heavy atom. The van der Waals surface area contributed by atoms with Crippen molar-refractivity contribution >= 4 is 41.8 Å². The number of aldehydes is 1. The van der Waals surface area contributed by atoms with E-state index in [1.807, 2.05) is 0 Å². The van der Waals surface area contributed by atoms with Crippen LogP contribution in [-0.4, -0.2) is 53.1 Å². The van der Waals surface area contributed by atoms with E-state index >= 15 is 0 Å². The van der Waals surface area contributed by atoms with Gasteiger partial charge in [0.1, 0.15) is 0 Å². The number of carbonyl (C=O) groups is 2. The zero-order valence-corrected chi connectivity index (χ0v) is 3.30. The molecular weight excluding hydrogens is 126 g/mol. The standard InChI is InChI=1S/C3H3FO3.Na.H/c4-2(1-5)3(6)7;;/h1-2H,(H,6,7);;/t2-;;/m0../s1. The number of hydrogen-bond acceptors (Lipinski definition) is 2. The average Bonchev–Trinajstić information content (AvgIpc) is 1.65. The molecule has 0 saturated carbocycles. The normalized spacial score (nSPS) is 11.1. The Bertz CT molecular complexity index is 94.5. The van der Waals surface area contributed by atoms with Crippen molar-refractivity contribution < 1.29 is 19.1 Å². The summed E-state index contributed by atoms with van der Waals surface area (Å²) >= 11 is 0. The summed E-state index contributed by atoms with van der Waals surface area (Å²) in [5.74, 6) is -1.74. The van der Waals surface area contributed by atoms with Gasteiger partial charge in [0.2, 0.25) is 0 Å². The minimum atomic E-state index is -2.36. The third kappa shape index (κ3) is 4.23. The summed E-state index contributed by atoms with van der Waals surface area (Å²) in [5.41, 5.74) is 0. The van der Waals surface area contributed by atoms with Gasteiger partial charge < -0.3 is 5.11 Å². The molecule has 1 N–H and O–H groups in total. The van der Waals surface area contributed by atoms with Gasteiger partial charge in [-0.1, -0.05) is 0 Å². The molecule has 0 heterocycles. The molecule has 42 valence electrons. The van der Waals surface area contributed by atoms with Crippen LogP contribution in [0.5, 0.6) is 0 Å². The van der Waals surface area contributed by atoms with Crippen LogP contribution in [-0.2, 0) is 9.59 Å². The second-order valence-electron chi connectivity index (χ2n) is 0.876. The van der Waals surface area contributed by atoms with E-state index in [-0.39, 0.29) is 35.8 Å². The van der Waals surface area contributed by atoms with Gasteiger partial charge in [-0.25, -0.2) is 9.18 Å². The van der Waals surface area contributed by atoms with Crippen molar-refractivity contribution in [2.24, 2.45) is 0 Å². The van der Waals surface area contributed by atoms with Gasteiger partial charge in [0.25, 0.3) is 6.17 Å². The van der Waals surface area contributed by atoms with E-state index < -0.39 is 12.1 Å². The van der Waals surface area contributed by atoms with E-state index in [1.165, 1.54) is 0 Å². The molecule has 5 heteroatoms. The van der Waals surface area contributed by atoms with E-state index in [0.717, 1.165) is 0 Å². The Balaban J connectivity index is 0. The average molecular weight is 130 g/mol. The van der Waals surface area contributed by atoms with Gasteiger partial charge in [-0.15, -0.1) is 0 Å². The summed E-state index contributed by atoms with van der Waals surface area (Å²) in [7, 11) is 0. The monoisotopic (exact) mass is 130 g/mol. The number of halogens is 1. The zero-order chi connectivity index (χ0) is 5.86. The van der Waals surface area contributed by atoms with Gasteiger partial charge in [-0.05, 0) is 0 Å². The van der Waals surface area contributed by atoms with Crippen molar-refractivity contribution in [3.8, 4) is 0 Å². The molecule has 0 aromatic rings. The maximum absolute atomic E-state index is 11.3. The number of aliphatic carboxylic acids is 1. The Morgan fingerprint density at radius 1 is 1.75 bits per heavy atom. The SMILES string of the molecule is O=C[C@H](F)C(=O)O.[NaH]. The number of carbonyl (C=O) groups excluding carboxylic acids is 1. The van der Waals surface area contributed by atoms with Crippen molar-refractivity contribution in [3.63, 3.8) is 0 Å². The summed E-state index contributed by atoms with van der Waals surface area (Å²) in [6.45, 7) is 0. The van der Waals surface area contributed by atoms with Crippen LogP contribution in [0.1, 0.15) is 0 Å². The Morgan fingerprint density at radius 2 is 2.12 bits per heavy atom. The number of carboxylic acid groups (broad SMARTS) is 1. The van der Waals surface area contributed by atoms with E-state index in [4.69, 9.17) is 5.11 Å². The number of carboxylic acids is 1. The van der Waals surface area contributed by atoms with E-state index in [0.29, 0.717) is 0 Å². The predicted octanol–water partition coefficient (Wildman–Crippen LogP) is -1.04. The van der Waals surface area contributed by atoms with Gasteiger partial charge in [0, 0.05) is 0 Å². The van der Waals surface area contributed by atoms with E-state index in [2.05, 4.69) is 0 Å². The molecule has 0 amide bonds. The molecule has 0 aromatic heterocycles. The summed E-state index contributed by atoms with van der Waals surface area (Å²) in [6.07, 6.45) is -2.64. The molecule has 0 aliphatic rings. The minimum absolute atomic E-state index is 0. The molecule has 3 nitrogen and oxygen atoms in total. The quantitative estimate of drug-likeness (QED) is 0.295. The third-order valence-electron chi connectivity index (χ3n) is 0.355. The first-order chi connectivity index (χ1) is 3.18. The molecule has 0 bridgehead atoms. The van der Waals surface area contributed by atoms with Crippen molar-refractivity contribution in [1.82, 2.24) is 0 Å². The topological polar surface area (TPSA) is 54.4 Å². The van der Waals surface area contributed by atoms with Crippen LogP contribution in [0, 0.1) is 0 Å². The van der Waals surface area contributed by atoms with Crippen LogP contribution < -0.4 is 0 Å². The molecule has 0 rings (SSSR count). The van der Waals surface area contributed by atoms with Crippen molar-refractivity contribution in [3.05, 3.63) is 0 Å². The summed E-state index contributed by atoms with van der Waals surface area (Å²) in [4.78, 5) is 18.5. The number of hydrogen-bond donors (Lipinski definition) is 1. The molecular formula is C3H4FNaO3. The van der Waals surface area contributed by atoms with Crippen LogP contribution in [0.3, 0.4) is 0 Å². The maximum atomic E-state index is 11.3. The molecule has 0 aromatic carbocycles. The van der Waals surface area contributed by atoms with Gasteiger partial charge in [0.05, 0.1) is 0 Å². The van der Waals surface area contributed by atoms with Crippen LogP contribution in [0.4, 0.5) is 4.39 Å². The predicted molar refractivity (Wildman–Crippen MR) is 25.7 cm³/mol. The Kier molecular flexibility index (Phi) is 7.13. The van der Waals surface area contributed by atoms with Gasteiger partial charge >= 0.3 is 35.5 Å². The number of rotatable bonds is 2. The first kappa shape index (κ1) is 10.9. The van der Waals surface area contributed by atoms with Gasteiger partial charge in [-0.3, -0.25) is 4.79 Å². The van der Waals surface area contributed by atoms with Crippen molar-refractivity contribution in [2.75, 3.05) is 0 Å². The molecule has 0 spiro atoms. The zero-order valence-electron chi connectivity index (χ0n) is 3.30.